The van der Waals surface area contributed by atoms with Crippen LogP contribution in [0.5, 0.6) is 0 Å². The summed E-state index contributed by atoms with van der Waals surface area (Å²) in [6.45, 7) is 2.27. The molecule has 1 N–H and O–H groups in total. The van der Waals surface area contributed by atoms with E-state index in [1.165, 1.54) is 64.2 Å². The summed E-state index contributed by atoms with van der Waals surface area (Å²) < 4.78 is 0. The van der Waals surface area contributed by atoms with Gasteiger partial charge in [0.05, 0.1) is 0 Å². The number of hydrogen-bond acceptors (Lipinski definition) is 1. The topological polar surface area (TPSA) is 37.3 Å². The average molecular weight is 337 g/mol. The van der Waals surface area contributed by atoms with Crippen LogP contribution in [-0.2, 0) is 4.79 Å². The Bertz CT molecular complexity index is 318. The van der Waals surface area contributed by atoms with Gasteiger partial charge in [0.25, 0.3) is 0 Å². The summed E-state index contributed by atoms with van der Waals surface area (Å²) in [7, 11) is 0. The van der Waals surface area contributed by atoms with E-state index in [0.29, 0.717) is 6.42 Å². The molecule has 0 fully saturated rings. The number of carboxylic acids is 1. The van der Waals surface area contributed by atoms with E-state index in [9.17, 15) is 4.79 Å². The Labute approximate surface area is 150 Å². The third-order valence-electron chi connectivity index (χ3n) is 4.34. The second-order valence-corrected chi connectivity index (χ2v) is 6.79. The molecule has 2 nitrogen and oxygen atoms in total. The van der Waals surface area contributed by atoms with Crippen LogP contribution in [0.4, 0.5) is 0 Å². The molecular weight excluding hydrogens is 296 g/mol. The second kappa shape index (κ2) is 20.0. The molecule has 0 unspecified atom stereocenters. The van der Waals surface area contributed by atoms with Crippen molar-refractivity contribution in [3.8, 4) is 0 Å². The van der Waals surface area contributed by atoms with E-state index in [-0.39, 0.29) is 0 Å². The average Bonchev–Trinajstić information content (AvgIpc) is 2.56. The zero-order valence-electron chi connectivity index (χ0n) is 16.0. The first-order valence-corrected chi connectivity index (χ1v) is 10.3. The standard InChI is InChI=1S/C22H40O2/c1-2-3-4-5-6-7-8-9-10-11-12-13-14-15-16-17-18-19-20-21-22(23)24/h12-13,15-16H,2-11,14,17-21H2,1H3,(H,23,24)/b13-12+,16-15+. The first-order valence-electron chi connectivity index (χ1n) is 10.3. The molecule has 0 aliphatic carbocycles. The number of carbonyl (C=O) groups is 1. The molecule has 0 aromatic heterocycles. The molecule has 0 aliphatic heterocycles. The minimum atomic E-state index is -0.678. The number of unbranched alkanes of at least 4 members (excludes halogenated alkanes) is 12. The lowest BCUT2D eigenvalue weighted by Gasteiger charge is -2.00. The van der Waals surface area contributed by atoms with Crippen LogP contribution < -0.4 is 0 Å². The van der Waals surface area contributed by atoms with Gasteiger partial charge in [0.1, 0.15) is 0 Å². The summed E-state index contributed by atoms with van der Waals surface area (Å²) >= 11 is 0. The first-order chi connectivity index (χ1) is 11.8. The summed E-state index contributed by atoms with van der Waals surface area (Å²) in [6.07, 6.45) is 28.2. The molecule has 0 aromatic rings. The molecule has 2 heteroatoms. The Morgan fingerprint density at radius 3 is 1.62 bits per heavy atom. The second-order valence-electron chi connectivity index (χ2n) is 6.79. The van der Waals surface area contributed by atoms with Crippen molar-refractivity contribution in [3.63, 3.8) is 0 Å². The monoisotopic (exact) mass is 336 g/mol. The summed E-state index contributed by atoms with van der Waals surface area (Å²) in [4.78, 5) is 10.4. The van der Waals surface area contributed by atoms with E-state index < -0.39 is 5.97 Å². The van der Waals surface area contributed by atoms with Gasteiger partial charge in [0.15, 0.2) is 0 Å². The fraction of sp³-hybridized carbons (Fsp3) is 0.773. The van der Waals surface area contributed by atoms with Crippen molar-refractivity contribution < 1.29 is 9.90 Å². The van der Waals surface area contributed by atoms with E-state index >= 15 is 0 Å². The molecule has 140 valence electrons. The predicted octanol–water partition coefficient (Wildman–Crippen LogP) is 7.44. The van der Waals surface area contributed by atoms with Crippen molar-refractivity contribution >= 4 is 5.97 Å². The zero-order chi connectivity index (χ0) is 17.7. The largest absolute Gasteiger partial charge is 0.481 e. The highest BCUT2D eigenvalue weighted by molar-refractivity contribution is 5.66. The summed E-state index contributed by atoms with van der Waals surface area (Å²) in [5, 5.41) is 8.54. The van der Waals surface area contributed by atoms with Crippen LogP contribution in [-0.4, -0.2) is 11.1 Å². The lowest BCUT2D eigenvalue weighted by Crippen LogP contribution is -1.93. The number of allylic oxidation sites excluding steroid dienone is 4. The lowest BCUT2D eigenvalue weighted by atomic mass is 10.1. The van der Waals surface area contributed by atoms with Gasteiger partial charge in [-0.1, -0.05) is 89.0 Å². The number of carboxylic acid groups (broad SMARTS) is 1. The van der Waals surface area contributed by atoms with Crippen LogP contribution >= 0.6 is 0 Å². The van der Waals surface area contributed by atoms with Crippen LogP contribution in [0.15, 0.2) is 24.3 Å². The first kappa shape index (κ1) is 22.9. The van der Waals surface area contributed by atoms with Crippen molar-refractivity contribution in [1.29, 1.82) is 0 Å². The highest BCUT2D eigenvalue weighted by atomic mass is 16.4. The Hall–Kier alpha value is -1.05. The van der Waals surface area contributed by atoms with Crippen molar-refractivity contribution in [2.75, 3.05) is 0 Å². The maximum absolute atomic E-state index is 10.4. The molecule has 0 saturated heterocycles. The van der Waals surface area contributed by atoms with Crippen molar-refractivity contribution in [3.05, 3.63) is 24.3 Å². The van der Waals surface area contributed by atoms with Crippen LogP contribution in [0.1, 0.15) is 110 Å². The van der Waals surface area contributed by atoms with E-state index in [1.807, 2.05) is 0 Å². The molecule has 0 aromatic carbocycles. The molecule has 0 atom stereocenters. The molecular formula is C22H40O2. The van der Waals surface area contributed by atoms with Crippen molar-refractivity contribution in [2.24, 2.45) is 0 Å². The summed E-state index contributed by atoms with van der Waals surface area (Å²) in [6, 6.07) is 0. The summed E-state index contributed by atoms with van der Waals surface area (Å²) in [5.74, 6) is -0.678. The van der Waals surface area contributed by atoms with E-state index in [1.54, 1.807) is 0 Å². The maximum Gasteiger partial charge on any atom is 0.303 e. The zero-order valence-corrected chi connectivity index (χ0v) is 16.0. The van der Waals surface area contributed by atoms with Gasteiger partial charge in [-0.05, 0) is 38.5 Å². The van der Waals surface area contributed by atoms with Gasteiger partial charge in [-0.2, -0.15) is 0 Å². The normalized spacial score (nSPS) is 11.7. The van der Waals surface area contributed by atoms with Gasteiger partial charge in [-0.25, -0.2) is 0 Å². The van der Waals surface area contributed by atoms with E-state index in [4.69, 9.17) is 5.11 Å². The molecule has 0 spiro atoms. The molecule has 0 heterocycles. The van der Waals surface area contributed by atoms with E-state index in [2.05, 4.69) is 31.2 Å². The highest BCUT2D eigenvalue weighted by Gasteiger charge is 1.94. The lowest BCUT2D eigenvalue weighted by molar-refractivity contribution is -0.137. The van der Waals surface area contributed by atoms with Crippen LogP contribution in [0.2, 0.25) is 0 Å². The molecule has 0 aliphatic rings. The van der Waals surface area contributed by atoms with Gasteiger partial charge in [-0.15, -0.1) is 0 Å². The molecule has 24 heavy (non-hydrogen) atoms. The maximum atomic E-state index is 10.4. The molecule has 0 radical (unpaired) electrons. The number of aliphatic carboxylic acids is 1. The molecule has 0 bridgehead atoms. The molecule has 0 amide bonds. The van der Waals surface area contributed by atoms with Crippen LogP contribution in [0, 0.1) is 0 Å². The Balaban J connectivity index is 3.18. The van der Waals surface area contributed by atoms with Crippen molar-refractivity contribution in [2.45, 2.75) is 110 Å². The fourth-order valence-electron chi connectivity index (χ4n) is 2.79. The molecule has 0 rings (SSSR count). The smallest absolute Gasteiger partial charge is 0.303 e. The SMILES string of the molecule is CCCCCCCCCCC/C=C/C/C=C/CCCCCC(=O)O. The minimum Gasteiger partial charge on any atom is -0.481 e. The van der Waals surface area contributed by atoms with Gasteiger partial charge in [-0.3, -0.25) is 4.79 Å². The van der Waals surface area contributed by atoms with E-state index in [0.717, 1.165) is 32.1 Å². The number of hydrogen-bond donors (Lipinski definition) is 1. The summed E-state index contributed by atoms with van der Waals surface area (Å²) in [5.41, 5.74) is 0. The predicted molar refractivity (Wildman–Crippen MR) is 105 cm³/mol. The van der Waals surface area contributed by atoms with Crippen LogP contribution in [0.25, 0.3) is 0 Å². The molecule has 0 saturated carbocycles. The van der Waals surface area contributed by atoms with Gasteiger partial charge < -0.3 is 5.11 Å². The van der Waals surface area contributed by atoms with Gasteiger partial charge >= 0.3 is 5.97 Å². The van der Waals surface area contributed by atoms with Gasteiger partial charge in [0.2, 0.25) is 0 Å². The van der Waals surface area contributed by atoms with Crippen molar-refractivity contribution in [1.82, 2.24) is 0 Å². The van der Waals surface area contributed by atoms with Crippen LogP contribution in [0.3, 0.4) is 0 Å². The van der Waals surface area contributed by atoms with Gasteiger partial charge in [0, 0.05) is 6.42 Å². The Kier molecular flexibility index (Phi) is 19.1. The third kappa shape index (κ3) is 20.9. The minimum absolute atomic E-state index is 0.311. The Morgan fingerprint density at radius 1 is 0.667 bits per heavy atom. The fourth-order valence-corrected chi connectivity index (χ4v) is 2.79. The Morgan fingerprint density at radius 2 is 1.12 bits per heavy atom. The number of rotatable bonds is 18. The third-order valence-corrected chi connectivity index (χ3v) is 4.34. The quantitative estimate of drug-likeness (QED) is 0.208. The highest BCUT2D eigenvalue weighted by Crippen LogP contribution is 2.10.